The Kier molecular flexibility index (Phi) is 6.53. The summed E-state index contributed by atoms with van der Waals surface area (Å²) in [5.74, 6) is -1.42. The molecule has 19 heavy (non-hydrogen) atoms. The van der Waals surface area contributed by atoms with Crippen molar-refractivity contribution in [3.8, 4) is 0 Å². The van der Waals surface area contributed by atoms with Crippen molar-refractivity contribution in [3.63, 3.8) is 0 Å². The second kappa shape index (κ2) is 7.92. The Morgan fingerprint density at radius 3 is 2.26 bits per heavy atom. The molecule has 1 aromatic carbocycles. The van der Waals surface area contributed by atoms with E-state index < -0.39 is 18.2 Å². The van der Waals surface area contributed by atoms with Crippen molar-refractivity contribution in [2.75, 3.05) is 0 Å². The molecule has 0 saturated carbocycles. The molecule has 3 N–H and O–H groups in total. The van der Waals surface area contributed by atoms with Gasteiger partial charge in [0.15, 0.2) is 6.10 Å². The minimum atomic E-state index is -1.78. The molecule has 0 radical (unpaired) electrons. The number of rotatable bonds is 8. The molecule has 0 saturated heterocycles. The van der Waals surface area contributed by atoms with Gasteiger partial charge in [0.1, 0.15) is 6.10 Å². The van der Waals surface area contributed by atoms with E-state index >= 15 is 0 Å². The molecule has 4 heteroatoms. The summed E-state index contributed by atoms with van der Waals surface area (Å²) in [6.45, 7) is 2.17. The molecule has 0 aliphatic heterocycles. The van der Waals surface area contributed by atoms with Crippen molar-refractivity contribution in [2.45, 2.75) is 51.2 Å². The van der Waals surface area contributed by atoms with Gasteiger partial charge in [-0.1, -0.05) is 50.5 Å². The number of hydrogen-bond donors (Lipinski definition) is 3. The van der Waals surface area contributed by atoms with Gasteiger partial charge < -0.3 is 15.3 Å². The predicted molar refractivity (Wildman–Crippen MR) is 72.9 cm³/mol. The van der Waals surface area contributed by atoms with Gasteiger partial charge in [-0.25, -0.2) is 4.79 Å². The summed E-state index contributed by atoms with van der Waals surface area (Å²) < 4.78 is 0. The lowest BCUT2D eigenvalue weighted by molar-refractivity contribution is -0.153. The van der Waals surface area contributed by atoms with E-state index in [1.54, 1.807) is 12.1 Å². The fraction of sp³-hybridized carbons (Fsp3) is 0.533. The molecule has 0 heterocycles. The third-order valence-corrected chi connectivity index (χ3v) is 3.19. The average molecular weight is 266 g/mol. The van der Waals surface area contributed by atoms with Crippen LogP contribution in [0.4, 0.5) is 0 Å². The maximum absolute atomic E-state index is 10.6. The van der Waals surface area contributed by atoms with E-state index in [0.29, 0.717) is 5.56 Å². The summed E-state index contributed by atoms with van der Waals surface area (Å²) in [5.41, 5.74) is 1.59. The Morgan fingerprint density at radius 1 is 1.11 bits per heavy atom. The Hall–Kier alpha value is -1.39. The van der Waals surface area contributed by atoms with E-state index in [-0.39, 0.29) is 0 Å². The highest BCUT2D eigenvalue weighted by molar-refractivity contribution is 5.73. The molecule has 0 spiro atoms. The first kappa shape index (κ1) is 15.7. The van der Waals surface area contributed by atoms with Gasteiger partial charge in [0.25, 0.3) is 0 Å². The van der Waals surface area contributed by atoms with Gasteiger partial charge >= 0.3 is 5.97 Å². The predicted octanol–water partition coefficient (Wildman–Crippen LogP) is 2.29. The largest absolute Gasteiger partial charge is 0.479 e. The van der Waals surface area contributed by atoms with Crippen LogP contribution < -0.4 is 0 Å². The molecule has 2 unspecified atom stereocenters. The molecule has 2 atom stereocenters. The van der Waals surface area contributed by atoms with Crippen LogP contribution in [0.5, 0.6) is 0 Å². The molecular formula is C15H22O4. The zero-order chi connectivity index (χ0) is 14.3. The van der Waals surface area contributed by atoms with Crippen molar-refractivity contribution in [2.24, 2.45) is 0 Å². The van der Waals surface area contributed by atoms with Crippen LogP contribution >= 0.6 is 0 Å². The highest BCUT2D eigenvalue weighted by Crippen LogP contribution is 2.18. The van der Waals surface area contributed by atoms with Gasteiger partial charge in [0, 0.05) is 0 Å². The first-order chi connectivity index (χ1) is 9.06. The van der Waals surface area contributed by atoms with E-state index in [2.05, 4.69) is 6.92 Å². The van der Waals surface area contributed by atoms with Crippen LogP contribution in [0.15, 0.2) is 24.3 Å². The van der Waals surface area contributed by atoms with Crippen LogP contribution in [0.1, 0.15) is 49.8 Å². The van der Waals surface area contributed by atoms with Gasteiger partial charge in [-0.05, 0) is 24.0 Å². The number of hydrogen-bond acceptors (Lipinski definition) is 3. The van der Waals surface area contributed by atoms with Crippen LogP contribution in [0.2, 0.25) is 0 Å². The number of aliphatic hydroxyl groups excluding tert-OH is 2. The number of carbonyl (C=O) groups is 1. The lowest BCUT2D eigenvalue weighted by Crippen LogP contribution is -2.27. The van der Waals surface area contributed by atoms with Gasteiger partial charge in [-0.2, -0.15) is 0 Å². The normalized spacial score (nSPS) is 14.1. The van der Waals surface area contributed by atoms with Gasteiger partial charge in [0.2, 0.25) is 0 Å². The summed E-state index contributed by atoms with van der Waals surface area (Å²) in [5, 5.41) is 27.6. The topological polar surface area (TPSA) is 77.8 Å². The fourth-order valence-corrected chi connectivity index (χ4v) is 1.95. The maximum atomic E-state index is 10.6. The number of carboxylic acids is 1. The molecule has 0 aliphatic carbocycles. The third-order valence-electron chi connectivity index (χ3n) is 3.19. The second-order valence-electron chi connectivity index (χ2n) is 4.78. The summed E-state index contributed by atoms with van der Waals surface area (Å²) in [4.78, 5) is 10.6. The lowest BCUT2D eigenvalue weighted by Gasteiger charge is -2.14. The van der Waals surface area contributed by atoms with Crippen molar-refractivity contribution in [1.29, 1.82) is 0 Å². The van der Waals surface area contributed by atoms with Crippen molar-refractivity contribution in [3.05, 3.63) is 35.4 Å². The molecule has 106 valence electrons. The summed E-state index contributed by atoms with van der Waals surface area (Å²) in [6.07, 6.45) is 2.60. The van der Waals surface area contributed by atoms with Gasteiger partial charge in [-0.3, -0.25) is 0 Å². The van der Waals surface area contributed by atoms with Crippen LogP contribution in [0, 0.1) is 0 Å². The van der Waals surface area contributed by atoms with Crippen LogP contribution in [0.25, 0.3) is 0 Å². The third kappa shape index (κ3) is 5.01. The maximum Gasteiger partial charge on any atom is 0.335 e. The summed E-state index contributed by atoms with van der Waals surface area (Å²) >= 11 is 0. The zero-order valence-corrected chi connectivity index (χ0v) is 11.2. The lowest BCUT2D eigenvalue weighted by atomic mass is 10.0. The Bertz CT molecular complexity index is 386. The molecule has 0 fully saturated rings. The fourth-order valence-electron chi connectivity index (χ4n) is 1.95. The van der Waals surface area contributed by atoms with Crippen molar-refractivity contribution < 1.29 is 20.1 Å². The van der Waals surface area contributed by atoms with Crippen LogP contribution in [0.3, 0.4) is 0 Å². The number of carboxylic acid groups (broad SMARTS) is 1. The van der Waals surface area contributed by atoms with E-state index in [4.69, 9.17) is 5.11 Å². The highest BCUT2D eigenvalue weighted by Gasteiger charge is 2.24. The Balaban J connectivity index is 2.53. The van der Waals surface area contributed by atoms with Crippen molar-refractivity contribution in [1.82, 2.24) is 0 Å². The first-order valence-corrected chi connectivity index (χ1v) is 6.74. The van der Waals surface area contributed by atoms with Gasteiger partial charge in [0.05, 0.1) is 0 Å². The monoisotopic (exact) mass is 266 g/mol. The number of aliphatic hydroxyl groups is 2. The molecular weight excluding hydrogens is 244 g/mol. The minimum Gasteiger partial charge on any atom is -0.479 e. The Morgan fingerprint density at radius 2 is 1.74 bits per heavy atom. The van der Waals surface area contributed by atoms with E-state index in [1.165, 1.54) is 19.3 Å². The molecule has 0 aromatic heterocycles. The second-order valence-corrected chi connectivity index (χ2v) is 4.78. The molecule has 0 amide bonds. The van der Waals surface area contributed by atoms with E-state index in [1.807, 2.05) is 12.1 Å². The highest BCUT2D eigenvalue weighted by atomic mass is 16.4. The van der Waals surface area contributed by atoms with Crippen LogP contribution in [-0.4, -0.2) is 27.4 Å². The Labute approximate surface area is 113 Å². The number of unbranched alkanes of at least 4 members (excludes halogenated alkanes) is 3. The molecule has 1 aromatic rings. The van der Waals surface area contributed by atoms with E-state index in [0.717, 1.165) is 18.4 Å². The van der Waals surface area contributed by atoms with E-state index in [9.17, 15) is 15.0 Å². The molecule has 1 rings (SSSR count). The van der Waals surface area contributed by atoms with Crippen molar-refractivity contribution >= 4 is 5.97 Å². The summed E-state index contributed by atoms with van der Waals surface area (Å²) in [6, 6.07) is 7.09. The average Bonchev–Trinajstić information content (AvgIpc) is 2.42. The zero-order valence-electron chi connectivity index (χ0n) is 11.2. The summed E-state index contributed by atoms with van der Waals surface area (Å²) in [7, 11) is 0. The molecule has 4 nitrogen and oxygen atoms in total. The van der Waals surface area contributed by atoms with Gasteiger partial charge in [-0.15, -0.1) is 0 Å². The number of benzene rings is 1. The molecule has 0 bridgehead atoms. The smallest absolute Gasteiger partial charge is 0.335 e. The standard InChI is InChI=1S/C15H22O4/c1-2-3-4-5-6-11-7-9-12(10-8-11)13(16)14(17)15(18)19/h7-10,13-14,16-17H,2-6H2,1H3,(H,18,19). The number of aryl methyl sites for hydroxylation is 1. The minimum absolute atomic E-state index is 0.423. The number of aliphatic carboxylic acids is 1. The van der Waals surface area contributed by atoms with Crippen LogP contribution in [-0.2, 0) is 11.2 Å². The SMILES string of the molecule is CCCCCCc1ccc(C(O)C(O)C(=O)O)cc1. The molecule has 0 aliphatic rings. The quantitative estimate of drug-likeness (QED) is 0.631. The first-order valence-electron chi connectivity index (χ1n) is 6.74.